The summed E-state index contributed by atoms with van der Waals surface area (Å²) < 4.78 is 18.0. The van der Waals surface area contributed by atoms with E-state index in [0.29, 0.717) is 11.3 Å². The third-order valence-corrected chi connectivity index (χ3v) is 3.62. The zero-order chi connectivity index (χ0) is 18.4. The predicted octanol–water partition coefficient (Wildman–Crippen LogP) is 2.67. The van der Waals surface area contributed by atoms with E-state index >= 15 is 0 Å². The van der Waals surface area contributed by atoms with Crippen molar-refractivity contribution < 1.29 is 18.4 Å². The molecular weight excluding hydrogens is 337 g/mol. The van der Waals surface area contributed by atoms with Gasteiger partial charge in [0.25, 0.3) is 11.8 Å². The molecule has 0 saturated carbocycles. The first-order chi connectivity index (χ1) is 12.6. The van der Waals surface area contributed by atoms with Crippen LogP contribution in [-0.4, -0.2) is 16.8 Å². The quantitative estimate of drug-likeness (QED) is 0.714. The number of pyridine rings is 1. The Kier molecular flexibility index (Phi) is 5.38. The largest absolute Gasteiger partial charge is 0.467 e. The van der Waals surface area contributed by atoms with Crippen molar-refractivity contribution in [3.63, 3.8) is 0 Å². The number of hydrogen-bond donors (Lipinski definition) is 2. The van der Waals surface area contributed by atoms with Crippen LogP contribution < -0.4 is 10.6 Å². The van der Waals surface area contributed by atoms with Gasteiger partial charge in [0, 0.05) is 18.3 Å². The Morgan fingerprint density at radius 1 is 1.00 bits per heavy atom. The number of rotatable bonds is 6. The van der Waals surface area contributed by atoms with Gasteiger partial charge >= 0.3 is 0 Å². The van der Waals surface area contributed by atoms with Gasteiger partial charge in [-0.25, -0.2) is 4.39 Å². The van der Waals surface area contributed by atoms with E-state index in [0.717, 1.165) is 5.56 Å². The summed E-state index contributed by atoms with van der Waals surface area (Å²) in [6.07, 6.45) is 2.92. The number of furan rings is 1. The zero-order valence-corrected chi connectivity index (χ0v) is 13.7. The molecule has 2 N–H and O–H groups in total. The van der Waals surface area contributed by atoms with Gasteiger partial charge in [0.05, 0.1) is 12.8 Å². The Morgan fingerprint density at radius 2 is 1.77 bits per heavy atom. The molecule has 3 rings (SSSR count). The molecule has 0 atom stereocenters. The molecule has 0 unspecified atom stereocenters. The molecule has 6 nitrogen and oxygen atoms in total. The van der Waals surface area contributed by atoms with Gasteiger partial charge < -0.3 is 15.1 Å². The number of halogens is 1. The van der Waals surface area contributed by atoms with Gasteiger partial charge in [0.2, 0.25) is 0 Å². The van der Waals surface area contributed by atoms with Crippen LogP contribution in [0.15, 0.2) is 65.4 Å². The fourth-order valence-corrected chi connectivity index (χ4v) is 2.25. The van der Waals surface area contributed by atoms with Crippen molar-refractivity contribution >= 4 is 11.8 Å². The highest BCUT2D eigenvalue weighted by molar-refractivity contribution is 5.98. The summed E-state index contributed by atoms with van der Waals surface area (Å²) >= 11 is 0. The van der Waals surface area contributed by atoms with Crippen LogP contribution in [0.5, 0.6) is 0 Å². The molecule has 0 radical (unpaired) electrons. The standard InChI is InChI=1S/C19H16FN3O3/c20-15-5-3-13(4-6-15)11-22-18(24)14-7-8-21-17(10-14)19(25)23-12-16-2-1-9-26-16/h1-10H,11-12H2,(H,22,24)(H,23,25). The summed E-state index contributed by atoms with van der Waals surface area (Å²) in [5.41, 5.74) is 1.21. The van der Waals surface area contributed by atoms with Crippen molar-refractivity contribution in [1.29, 1.82) is 0 Å². The lowest BCUT2D eigenvalue weighted by atomic mass is 10.2. The molecule has 2 aromatic heterocycles. The third kappa shape index (κ3) is 4.54. The number of nitrogens with zero attached hydrogens (tertiary/aromatic N) is 1. The van der Waals surface area contributed by atoms with Crippen LogP contribution in [0.2, 0.25) is 0 Å². The lowest BCUT2D eigenvalue weighted by molar-refractivity contribution is 0.0943. The first-order valence-electron chi connectivity index (χ1n) is 7.91. The maximum absolute atomic E-state index is 12.9. The van der Waals surface area contributed by atoms with Crippen molar-refractivity contribution in [2.24, 2.45) is 0 Å². The van der Waals surface area contributed by atoms with E-state index in [4.69, 9.17) is 4.42 Å². The van der Waals surface area contributed by atoms with E-state index < -0.39 is 5.91 Å². The van der Waals surface area contributed by atoms with Crippen molar-refractivity contribution in [3.05, 3.63) is 89.4 Å². The second kappa shape index (κ2) is 8.06. The van der Waals surface area contributed by atoms with Crippen molar-refractivity contribution in [2.45, 2.75) is 13.1 Å². The van der Waals surface area contributed by atoms with E-state index in [1.54, 1.807) is 24.3 Å². The van der Waals surface area contributed by atoms with Gasteiger partial charge in [0.1, 0.15) is 17.3 Å². The van der Waals surface area contributed by atoms with Gasteiger partial charge in [-0.05, 0) is 42.0 Å². The maximum atomic E-state index is 12.9. The highest BCUT2D eigenvalue weighted by atomic mass is 19.1. The number of benzene rings is 1. The fraction of sp³-hybridized carbons (Fsp3) is 0.105. The van der Waals surface area contributed by atoms with Crippen molar-refractivity contribution in [3.8, 4) is 0 Å². The Balaban J connectivity index is 1.59. The minimum atomic E-state index is -0.408. The van der Waals surface area contributed by atoms with Crippen LogP contribution in [0, 0.1) is 5.82 Å². The smallest absolute Gasteiger partial charge is 0.270 e. The van der Waals surface area contributed by atoms with Crippen LogP contribution in [0.25, 0.3) is 0 Å². The van der Waals surface area contributed by atoms with E-state index in [-0.39, 0.29) is 30.5 Å². The van der Waals surface area contributed by atoms with Crippen LogP contribution in [-0.2, 0) is 13.1 Å². The van der Waals surface area contributed by atoms with Crippen LogP contribution in [0.1, 0.15) is 32.2 Å². The van der Waals surface area contributed by atoms with Gasteiger partial charge in [-0.3, -0.25) is 14.6 Å². The monoisotopic (exact) mass is 353 g/mol. The molecule has 132 valence electrons. The van der Waals surface area contributed by atoms with Crippen LogP contribution >= 0.6 is 0 Å². The molecule has 26 heavy (non-hydrogen) atoms. The Bertz CT molecular complexity index is 893. The lowest BCUT2D eigenvalue weighted by Crippen LogP contribution is -2.26. The summed E-state index contributed by atoms with van der Waals surface area (Å²) in [7, 11) is 0. The Morgan fingerprint density at radius 3 is 2.50 bits per heavy atom. The van der Waals surface area contributed by atoms with Gasteiger partial charge in [0.15, 0.2) is 0 Å². The molecular formula is C19H16FN3O3. The van der Waals surface area contributed by atoms with Crippen LogP contribution in [0.4, 0.5) is 4.39 Å². The molecule has 2 heterocycles. The van der Waals surface area contributed by atoms with E-state index in [2.05, 4.69) is 15.6 Å². The highest BCUT2D eigenvalue weighted by Gasteiger charge is 2.12. The zero-order valence-electron chi connectivity index (χ0n) is 13.7. The lowest BCUT2D eigenvalue weighted by Gasteiger charge is -2.07. The van der Waals surface area contributed by atoms with Crippen LogP contribution in [0.3, 0.4) is 0 Å². The number of hydrogen-bond acceptors (Lipinski definition) is 4. The molecule has 1 aromatic carbocycles. The van der Waals surface area contributed by atoms with E-state index in [9.17, 15) is 14.0 Å². The van der Waals surface area contributed by atoms with E-state index in [1.807, 2.05) is 0 Å². The summed E-state index contributed by atoms with van der Waals surface area (Å²) in [6, 6.07) is 12.2. The first kappa shape index (κ1) is 17.3. The van der Waals surface area contributed by atoms with Crippen molar-refractivity contribution in [1.82, 2.24) is 15.6 Å². The average molecular weight is 353 g/mol. The predicted molar refractivity (Wildman–Crippen MR) is 91.7 cm³/mol. The molecule has 3 aromatic rings. The minimum Gasteiger partial charge on any atom is -0.467 e. The summed E-state index contributed by atoms with van der Waals surface area (Å²) in [5, 5.41) is 5.39. The number of carbonyl (C=O) groups excluding carboxylic acids is 2. The summed E-state index contributed by atoms with van der Waals surface area (Å²) in [5.74, 6) is -0.475. The fourth-order valence-electron chi connectivity index (χ4n) is 2.25. The number of nitrogens with one attached hydrogen (secondary N) is 2. The maximum Gasteiger partial charge on any atom is 0.270 e. The minimum absolute atomic E-state index is 0.131. The first-order valence-corrected chi connectivity index (χ1v) is 7.91. The van der Waals surface area contributed by atoms with Gasteiger partial charge in [-0.1, -0.05) is 12.1 Å². The molecule has 0 aliphatic carbocycles. The molecule has 7 heteroatoms. The summed E-state index contributed by atoms with van der Waals surface area (Å²) in [4.78, 5) is 28.4. The SMILES string of the molecule is O=C(NCc1ccc(F)cc1)c1ccnc(C(=O)NCc2ccco2)c1. The number of carbonyl (C=O) groups is 2. The molecule has 0 aliphatic heterocycles. The molecule has 2 amide bonds. The Hall–Kier alpha value is -3.48. The normalized spacial score (nSPS) is 10.3. The summed E-state index contributed by atoms with van der Waals surface area (Å²) in [6.45, 7) is 0.482. The average Bonchev–Trinajstić information content (AvgIpc) is 3.19. The molecule has 0 aliphatic rings. The van der Waals surface area contributed by atoms with E-state index in [1.165, 1.54) is 36.7 Å². The molecule has 0 bridgehead atoms. The third-order valence-electron chi connectivity index (χ3n) is 3.62. The van der Waals surface area contributed by atoms with Gasteiger partial charge in [-0.15, -0.1) is 0 Å². The molecule has 0 spiro atoms. The number of amides is 2. The molecule has 0 saturated heterocycles. The second-order valence-electron chi connectivity index (χ2n) is 5.50. The number of aromatic nitrogens is 1. The highest BCUT2D eigenvalue weighted by Crippen LogP contribution is 2.06. The van der Waals surface area contributed by atoms with Gasteiger partial charge in [-0.2, -0.15) is 0 Å². The topological polar surface area (TPSA) is 84.2 Å². The molecule has 0 fully saturated rings. The second-order valence-corrected chi connectivity index (χ2v) is 5.50. The Labute approximate surface area is 149 Å². The van der Waals surface area contributed by atoms with Crippen molar-refractivity contribution in [2.75, 3.05) is 0 Å².